The van der Waals surface area contributed by atoms with Crippen molar-refractivity contribution in [1.82, 2.24) is 19.9 Å². The van der Waals surface area contributed by atoms with Crippen LogP contribution in [-0.4, -0.2) is 25.7 Å². The van der Waals surface area contributed by atoms with Crippen LogP contribution in [0.25, 0.3) is 22.1 Å². The Morgan fingerprint density at radius 1 is 1.31 bits per heavy atom. The molecule has 6 nitrogen and oxygen atoms in total. The lowest BCUT2D eigenvalue weighted by molar-refractivity contribution is -0.119. The molecule has 128 valence electrons. The highest BCUT2D eigenvalue weighted by atomic mass is 16.1. The topological polar surface area (TPSA) is 98.2 Å². The molecule has 1 atom stereocenters. The Bertz CT molecular complexity index is 1150. The summed E-state index contributed by atoms with van der Waals surface area (Å²) in [5, 5.41) is 10.6. The number of aryl methyl sites for hydroxylation is 2. The second-order valence-corrected chi connectivity index (χ2v) is 6.34. The van der Waals surface area contributed by atoms with Crippen molar-refractivity contribution in [3.05, 3.63) is 59.7 Å². The molecular formula is C20H17N5O. The lowest BCUT2D eigenvalue weighted by Gasteiger charge is -2.05. The number of aromatic nitrogens is 4. The number of carbonyl (C=O) groups excluding carboxylic acids is 1. The first-order valence-corrected chi connectivity index (χ1v) is 8.46. The number of para-hydroxylation sites is 1. The van der Waals surface area contributed by atoms with Gasteiger partial charge in [-0.1, -0.05) is 18.2 Å². The molecule has 4 rings (SSSR count). The van der Waals surface area contributed by atoms with Gasteiger partial charge in [-0.25, -0.2) is 9.97 Å². The molecule has 0 spiro atoms. The van der Waals surface area contributed by atoms with Crippen molar-refractivity contribution in [3.63, 3.8) is 0 Å². The first-order chi connectivity index (χ1) is 12.7. The van der Waals surface area contributed by atoms with Crippen LogP contribution in [0.4, 0.5) is 0 Å². The van der Waals surface area contributed by atoms with Crippen LogP contribution in [0, 0.1) is 18.3 Å². The molecule has 0 unspecified atom stereocenters. The van der Waals surface area contributed by atoms with Crippen molar-refractivity contribution < 1.29 is 4.79 Å². The second-order valence-electron chi connectivity index (χ2n) is 6.34. The van der Waals surface area contributed by atoms with Crippen molar-refractivity contribution >= 4 is 27.9 Å². The molecule has 0 saturated carbocycles. The number of benzene rings is 1. The van der Waals surface area contributed by atoms with Crippen LogP contribution in [0.1, 0.15) is 29.3 Å². The minimum Gasteiger partial charge on any atom is -0.361 e. The summed E-state index contributed by atoms with van der Waals surface area (Å²) in [6.45, 7) is 1.94. The summed E-state index contributed by atoms with van der Waals surface area (Å²) in [7, 11) is 0. The van der Waals surface area contributed by atoms with E-state index in [0.29, 0.717) is 17.9 Å². The van der Waals surface area contributed by atoms with E-state index in [4.69, 9.17) is 0 Å². The van der Waals surface area contributed by atoms with Crippen LogP contribution in [0.2, 0.25) is 0 Å². The number of nitrogens with one attached hydrogen (secondary N) is 2. The van der Waals surface area contributed by atoms with Gasteiger partial charge in [0.15, 0.2) is 17.3 Å². The van der Waals surface area contributed by atoms with Gasteiger partial charge in [0.1, 0.15) is 5.82 Å². The van der Waals surface area contributed by atoms with Crippen LogP contribution in [0.5, 0.6) is 0 Å². The van der Waals surface area contributed by atoms with E-state index in [1.54, 1.807) is 6.20 Å². The number of pyridine rings is 1. The maximum atomic E-state index is 12.7. The lowest BCUT2D eigenvalue weighted by Crippen LogP contribution is -2.13. The van der Waals surface area contributed by atoms with Gasteiger partial charge in [-0.05, 0) is 36.6 Å². The number of aromatic amines is 2. The largest absolute Gasteiger partial charge is 0.361 e. The predicted molar refractivity (Wildman–Crippen MR) is 98.6 cm³/mol. The predicted octanol–water partition coefficient (Wildman–Crippen LogP) is 3.56. The molecule has 3 aromatic heterocycles. The van der Waals surface area contributed by atoms with E-state index in [-0.39, 0.29) is 12.2 Å². The number of rotatable bonds is 5. The third-order valence-corrected chi connectivity index (χ3v) is 4.66. The number of H-pyrrole nitrogens is 2. The zero-order chi connectivity index (χ0) is 18.1. The Morgan fingerprint density at radius 2 is 2.15 bits per heavy atom. The number of hydrogen-bond acceptors (Lipinski definition) is 4. The molecule has 0 aliphatic heterocycles. The highest BCUT2D eigenvalue weighted by molar-refractivity contribution is 5.90. The van der Waals surface area contributed by atoms with Crippen molar-refractivity contribution in [1.29, 1.82) is 5.26 Å². The number of hydrogen-bond donors (Lipinski definition) is 2. The Labute approximate surface area is 149 Å². The monoisotopic (exact) mass is 343 g/mol. The van der Waals surface area contributed by atoms with Crippen molar-refractivity contribution in [3.8, 4) is 6.07 Å². The van der Waals surface area contributed by atoms with Crippen molar-refractivity contribution in [2.75, 3.05) is 0 Å². The second kappa shape index (κ2) is 6.45. The average Bonchev–Trinajstić information content (AvgIpc) is 3.25. The smallest absolute Gasteiger partial charge is 0.178 e. The molecule has 3 heterocycles. The van der Waals surface area contributed by atoms with Crippen LogP contribution in [-0.2, 0) is 11.2 Å². The lowest BCUT2D eigenvalue weighted by atomic mass is 9.98. The zero-order valence-corrected chi connectivity index (χ0v) is 14.3. The Kier molecular flexibility index (Phi) is 3.98. The van der Waals surface area contributed by atoms with Gasteiger partial charge in [-0.15, -0.1) is 0 Å². The minimum absolute atomic E-state index is 0.144. The van der Waals surface area contributed by atoms with E-state index in [1.165, 1.54) is 0 Å². The number of carbonyl (C=O) groups is 1. The molecule has 0 bridgehead atoms. The molecule has 0 fully saturated rings. The van der Waals surface area contributed by atoms with Crippen LogP contribution >= 0.6 is 0 Å². The maximum absolute atomic E-state index is 12.7. The molecular weight excluding hydrogens is 326 g/mol. The summed E-state index contributed by atoms with van der Waals surface area (Å²) in [4.78, 5) is 27.5. The van der Waals surface area contributed by atoms with E-state index in [2.05, 4.69) is 26.0 Å². The first kappa shape index (κ1) is 16.0. The van der Waals surface area contributed by atoms with E-state index in [9.17, 15) is 10.1 Å². The summed E-state index contributed by atoms with van der Waals surface area (Å²) < 4.78 is 0. The third kappa shape index (κ3) is 2.74. The molecule has 26 heavy (non-hydrogen) atoms. The normalized spacial score (nSPS) is 12.3. The summed E-state index contributed by atoms with van der Waals surface area (Å²) in [5.74, 6) is -0.684. The van der Waals surface area contributed by atoms with Crippen LogP contribution < -0.4 is 0 Å². The summed E-state index contributed by atoms with van der Waals surface area (Å²) >= 11 is 0. The molecule has 1 aromatic carbocycles. The number of fused-ring (bicyclic) bond motifs is 2. The Balaban J connectivity index is 1.55. The fourth-order valence-electron chi connectivity index (χ4n) is 3.22. The number of ketones is 1. The van der Waals surface area contributed by atoms with Gasteiger partial charge in [0.2, 0.25) is 0 Å². The van der Waals surface area contributed by atoms with Gasteiger partial charge in [0.05, 0.1) is 11.6 Å². The average molecular weight is 343 g/mol. The quantitative estimate of drug-likeness (QED) is 0.579. The van der Waals surface area contributed by atoms with E-state index in [0.717, 1.165) is 27.5 Å². The number of Topliss-reactive ketones (excluding diaryl/α,β-unsaturated/α-hetero) is 1. The van der Waals surface area contributed by atoms with Gasteiger partial charge >= 0.3 is 0 Å². The molecule has 0 radical (unpaired) electrons. The standard InChI is InChI=1S/C20H17N5O/c1-12-8-9-22-20-18(12)24-19(25-20)15(10-21)17(26)7-6-13-11-23-16-5-3-2-4-14(13)16/h2-5,8-9,11,15,23H,6-7H2,1H3,(H,22,24,25)/t15-/m1/s1. The van der Waals surface area contributed by atoms with Gasteiger partial charge in [-0.2, -0.15) is 5.26 Å². The number of nitrogens with zero attached hydrogens (tertiary/aromatic N) is 3. The zero-order valence-electron chi connectivity index (χ0n) is 14.3. The summed E-state index contributed by atoms with van der Waals surface area (Å²) in [5.41, 5.74) is 4.41. The molecule has 0 aliphatic rings. The molecule has 0 saturated heterocycles. The number of nitriles is 1. The van der Waals surface area contributed by atoms with Crippen LogP contribution in [0.15, 0.2) is 42.7 Å². The Morgan fingerprint density at radius 3 is 2.96 bits per heavy atom. The maximum Gasteiger partial charge on any atom is 0.178 e. The first-order valence-electron chi connectivity index (χ1n) is 8.46. The number of imidazole rings is 1. The molecule has 4 aromatic rings. The highest BCUT2D eigenvalue weighted by Crippen LogP contribution is 2.23. The van der Waals surface area contributed by atoms with E-state index >= 15 is 0 Å². The van der Waals surface area contributed by atoms with Crippen molar-refractivity contribution in [2.24, 2.45) is 0 Å². The molecule has 0 aliphatic carbocycles. The molecule has 0 amide bonds. The van der Waals surface area contributed by atoms with Crippen LogP contribution in [0.3, 0.4) is 0 Å². The van der Waals surface area contributed by atoms with Gasteiger partial charge in [-0.3, -0.25) is 4.79 Å². The molecule has 2 N–H and O–H groups in total. The minimum atomic E-state index is -0.909. The highest BCUT2D eigenvalue weighted by Gasteiger charge is 2.24. The summed E-state index contributed by atoms with van der Waals surface area (Å²) in [6.07, 6.45) is 4.46. The van der Waals surface area contributed by atoms with Gasteiger partial charge in [0.25, 0.3) is 0 Å². The van der Waals surface area contributed by atoms with Crippen molar-refractivity contribution in [2.45, 2.75) is 25.7 Å². The van der Waals surface area contributed by atoms with E-state index in [1.807, 2.05) is 43.5 Å². The molecule has 6 heteroatoms. The fraction of sp³-hybridized carbons (Fsp3) is 0.200. The Hall–Kier alpha value is -3.46. The third-order valence-electron chi connectivity index (χ3n) is 4.66. The SMILES string of the molecule is Cc1ccnc2nc([C@H](C#N)C(=O)CCc3c[nH]c4ccccc34)[nH]c12. The summed E-state index contributed by atoms with van der Waals surface area (Å²) in [6, 6.07) is 11.9. The van der Waals surface area contributed by atoms with E-state index < -0.39 is 5.92 Å². The fourth-order valence-corrected chi connectivity index (χ4v) is 3.22. The van der Waals surface area contributed by atoms with Gasteiger partial charge < -0.3 is 9.97 Å². The van der Waals surface area contributed by atoms with Gasteiger partial charge in [0, 0.05) is 29.7 Å².